The van der Waals surface area contributed by atoms with E-state index in [2.05, 4.69) is 53.8 Å². The van der Waals surface area contributed by atoms with Crippen LogP contribution in [0.25, 0.3) is 0 Å². The number of amides is 1. The molecule has 1 N–H and O–H groups in total. The van der Waals surface area contributed by atoms with Gasteiger partial charge in [-0.25, -0.2) is 0 Å². The molecule has 1 amide bonds. The van der Waals surface area contributed by atoms with Crippen LogP contribution in [0.3, 0.4) is 0 Å². The summed E-state index contributed by atoms with van der Waals surface area (Å²) in [4.78, 5) is 12.9. The van der Waals surface area contributed by atoms with Crippen molar-refractivity contribution in [2.45, 2.75) is 31.2 Å². The first-order chi connectivity index (χ1) is 12.8. The van der Waals surface area contributed by atoms with Crippen molar-refractivity contribution in [2.24, 2.45) is 0 Å². The third-order valence-corrected chi connectivity index (χ3v) is 5.26. The highest BCUT2D eigenvalue weighted by molar-refractivity contribution is 5.78. The molecule has 1 atom stereocenters. The maximum absolute atomic E-state index is 12.9. The van der Waals surface area contributed by atoms with Crippen LogP contribution < -0.4 is 5.32 Å². The minimum Gasteiger partial charge on any atom is -0.345 e. The van der Waals surface area contributed by atoms with Crippen molar-refractivity contribution in [1.29, 1.82) is 0 Å². The highest BCUT2D eigenvalue weighted by atomic mass is 16.1. The Bertz CT molecular complexity index is 833. The van der Waals surface area contributed by atoms with Gasteiger partial charge in [-0.3, -0.25) is 4.79 Å². The molecule has 0 fully saturated rings. The van der Waals surface area contributed by atoms with Crippen LogP contribution in [0.2, 0.25) is 0 Å². The van der Waals surface area contributed by atoms with Crippen LogP contribution in [0, 0.1) is 0 Å². The molecule has 0 radical (unpaired) electrons. The van der Waals surface area contributed by atoms with E-state index in [1.54, 1.807) is 0 Å². The van der Waals surface area contributed by atoms with Crippen molar-refractivity contribution >= 4 is 5.91 Å². The van der Waals surface area contributed by atoms with Crippen LogP contribution in [0.15, 0.2) is 84.9 Å². The molecule has 3 aromatic rings. The lowest BCUT2D eigenvalue weighted by Gasteiger charge is -2.21. The molecule has 0 aliphatic heterocycles. The lowest BCUT2D eigenvalue weighted by molar-refractivity contribution is -0.122. The van der Waals surface area contributed by atoms with E-state index >= 15 is 0 Å². The van der Waals surface area contributed by atoms with Crippen molar-refractivity contribution in [3.63, 3.8) is 0 Å². The van der Waals surface area contributed by atoms with E-state index in [4.69, 9.17) is 0 Å². The molecule has 2 heteroatoms. The first-order valence-electron chi connectivity index (χ1n) is 9.28. The SMILES string of the molecule is O=C(CC1CCc2ccccc21)NC(c1ccccc1)c1ccccc1. The molecule has 0 saturated carbocycles. The quantitative estimate of drug-likeness (QED) is 0.694. The highest BCUT2D eigenvalue weighted by Gasteiger charge is 2.25. The Morgan fingerprint density at radius 2 is 1.42 bits per heavy atom. The number of rotatable bonds is 5. The predicted octanol–water partition coefficient (Wildman–Crippen LogP) is 5.01. The minimum absolute atomic E-state index is 0.110. The monoisotopic (exact) mass is 341 g/mol. The number of fused-ring (bicyclic) bond motifs is 1. The first-order valence-corrected chi connectivity index (χ1v) is 9.28. The van der Waals surface area contributed by atoms with Gasteiger partial charge >= 0.3 is 0 Å². The van der Waals surface area contributed by atoms with Crippen LogP contribution >= 0.6 is 0 Å². The van der Waals surface area contributed by atoms with Crippen LogP contribution in [0.1, 0.15) is 47.1 Å². The van der Waals surface area contributed by atoms with E-state index in [-0.39, 0.29) is 11.9 Å². The lowest BCUT2D eigenvalue weighted by Crippen LogP contribution is -2.30. The maximum atomic E-state index is 12.9. The van der Waals surface area contributed by atoms with Crippen LogP contribution in [-0.2, 0) is 11.2 Å². The largest absolute Gasteiger partial charge is 0.345 e. The highest BCUT2D eigenvalue weighted by Crippen LogP contribution is 2.35. The van der Waals surface area contributed by atoms with Gasteiger partial charge in [0.2, 0.25) is 5.91 Å². The predicted molar refractivity (Wildman–Crippen MR) is 105 cm³/mol. The summed E-state index contributed by atoms with van der Waals surface area (Å²) in [5.74, 6) is 0.447. The first kappa shape index (κ1) is 16.6. The summed E-state index contributed by atoms with van der Waals surface area (Å²) < 4.78 is 0. The van der Waals surface area contributed by atoms with Gasteiger partial charge in [0.05, 0.1) is 6.04 Å². The Morgan fingerprint density at radius 3 is 2.08 bits per heavy atom. The van der Waals surface area contributed by atoms with Gasteiger partial charge in [0.1, 0.15) is 0 Å². The lowest BCUT2D eigenvalue weighted by atomic mass is 9.95. The Labute approximate surface area is 154 Å². The smallest absolute Gasteiger partial charge is 0.221 e. The number of hydrogen-bond donors (Lipinski definition) is 1. The zero-order valence-electron chi connectivity index (χ0n) is 14.8. The van der Waals surface area contributed by atoms with E-state index in [0.29, 0.717) is 12.3 Å². The van der Waals surface area contributed by atoms with Gasteiger partial charge < -0.3 is 5.32 Å². The molecule has 1 unspecified atom stereocenters. The van der Waals surface area contributed by atoms with Gasteiger partial charge in [0.25, 0.3) is 0 Å². The molecular weight excluding hydrogens is 318 g/mol. The summed E-state index contributed by atoms with van der Waals surface area (Å²) in [7, 11) is 0. The second-order valence-corrected chi connectivity index (χ2v) is 6.96. The second kappa shape index (κ2) is 7.57. The summed E-state index contributed by atoms with van der Waals surface area (Å²) in [6.07, 6.45) is 2.69. The Hall–Kier alpha value is -2.87. The average molecular weight is 341 g/mol. The van der Waals surface area contributed by atoms with E-state index in [0.717, 1.165) is 24.0 Å². The van der Waals surface area contributed by atoms with Crippen molar-refractivity contribution in [3.05, 3.63) is 107 Å². The fourth-order valence-electron chi connectivity index (χ4n) is 3.95. The Balaban J connectivity index is 1.52. The van der Waals surface area contributed by atoms with E-state index in [9.17, 15) is 4.79 Å². The number of nitrogens with one attached hydrogen (secondary N) is 1. The molecule has 1 aliphatic rings. The normalized spacial score (nSPS) is 15.7. The van der Waals surface area contributed by atoms with Crippen LogP contribution in [0.4, 0.5) is 0 Å². The van der Waals surface area contributed by atoms with Crippen molar-refractivity contribution < 1.29 is 4.79 Å². The van der Waals surface area contributed by atoms with Gasteiger partial charge in [-0.15, -0.1) is 0 Å². The molecule has 130 valence electrons. The molecule has 3 aromatic carbocycles. The molecule has 26 heavy (non-hydrogen) atoms. The number of hydrogen-bond acceptors (Lipinski definition) is 1. The maximum Gasteiger partial charge on any atom is 0.221 e. The minimum atomic E-state index is -0.110. The van der Waals surface area contributed by atoms with Crippen molar-refractivity contribution in [1.82, 2.24) is 5.32 Å². The molecule has 0 aromatic heterocycles. The van der Waals surface area contributed by atoms with E-state index < -0.39 is 0 Å². The fourth-order valence-corrected chi connectivity index (χ4v) is 3.95. The molecule has 0 saturated heterocycles. The van der Waals surface area contributed by atoms with Gasteiger partial charge in [0, 0.05) is 6.42 Å². The van der Waals surface area contributed by atoms with Crippen molar-refractivity contribution in [2.75, 3.05) is 0 Å². The van der Waals surface area contributed by atoms with Crippen LogP contribution in [-0.4, -0.2) is 5.91 Å². The topological polar surface area (TPSA) is 29.1 Å². The summed E-state index contributed by atoms with van der Waals surface area (Å²) in [5, 5.41) is 3.27. The third kappa shape index (κ3) is 3.55. The molecule has 0 heterocycles. The molecular formula is C24H23NO. The Kier molecular flexibility index (Phi) is 4.83. The average Bonchev–Trinajstić information content (AvgIpc) is 3.10. The zero-order chi connectivity index (χ0) is 17.8. The Morgan fingerprint density at radius 1 is 0.846 bits per heavy atom. The van der Waals surface area contributed by atoms with Gasteiger partial charge in [0.15, 0.2) is 0 Å². The molecule has 1 aliphatic carbocycles. The standard InChI is InChI=1S/C24H23NO/c26-23(17-21-16-15-18-9-7-8-14-22(18)21)25-24(19-10-3-1-4-11-19)20-12-5-2-6-13-20/h1-14,21,24H,15-17H2,(H,25,26). The number of aryl methyl sites for hydroxylation is 1. The van der Waals surface area contributed by atoms with Crippen molar-refractivity contribution in [3.8, 4) is 0 Å². The molecule has 0 spiro atoms. The zero-order valence-corrected chi connectivity index (χ0v) is 14.8. The van der Waals surface area contributed by atoms with E-state index in [1.165, 1.54) is 11.1 Å². The van der Waals surface area contributed by atoms with Gasteiger partial charge in [-0.2, -0.15) is 0 Å². The summed E-state index contributed by atoms with van der Waals surface area (Å²) in [5.41, 5.74) is 4.96. The number of benzene rings is 3. The fraction of sp³-hybridized carbons (Fsp3) is 0.208. The number of carbonyl (C=O) groups is 1. The van der Waals surface area contributed by atoms with Gasteiger partial charge in [-0.1, -0.05) is 84.9 Å². The third-order valence-electron chi connectivity index (χ3n) is 5.26. The second-order valence-electron chi connectivity index (χ2n) is 6.96. The summed E-state index contributed by atoms with van der Waals surface area (Å²) in [6.45, 7) is 0. The summed E-state index contributed by atoms with van der Waals surface area (Å²) in [6, 6.07) is 28.8. The number of carbonyl (C=O) groups excluding carboxylic acids is 1. The molecule has 2 nitrogen and oxygen atoms in total. The van der Waals surface area contributed by atoms with Gasteiger partial charge in [-0.05, 0) is 41.0 Å². The van der Waals surface area contributed by atoms with Crippen LogP contribution in [0.5, 0.6) is 0 Å². The van der Waals surface area contributed by atoms with E-state index in [1.807, 2.05) is 36.4 Å². The molecule has 4 rings (SSSR count). The summed E-state index contributed by atoms with van der Waals surface area (Å²) >= 11 is 0. The molecule has 0 bridgehead atoms.